The zero-order valence-corrected chi connectivity index (χ0v) is 11.3. The monoisotopic (exact) mass is 291 g/mol. The predicted molar refractivity (Wildman–Crippen MR) is 77.6 cm³/mol. The van der Waals surface area contributed by atoms with E-state index in [-0.39, 0.29) is 18.9 Å². The van der Waals surface area contributed by atoms with Gasteiger partial charge < -0.3 is 21.5 Å². The highest BCUT2D eigenvalue weighted by atomic mass is 16.4. The number of aliphatic carboxylic acids is 1. The van der Waals surface area contributed by atoms with Crippen molar-refractivity contribution in [2.45, 2.75) is 12.5 Å². The fourth-order valence-corrected chi connectivity index (χ4v) is 1.61. The molecule has 112 valence electrons. The van der Waals surface area contributed by atoms with Gasteiger partial charge >= 0.3 is 5.97 Å². The summed E-state index contributed by atoms with van der Waals surface area (Å²) in [6.45, 7) is 3.07. The summed E-state index contributed by atoms with van der Waals surface area (Å²) >= 11 is 0. The summed E-state index contributed by atoms with van der Waals surface area (Å²) in [6, 6.07) is 5.57. The molecule has 1 aromatic carbocycles. The molecule has 0 saturated heterocycles. The molecule has 0 heterocycles. The SMILES string of the molecule is C=CC(=O)Nc1ccc(CC(NC(=O)CN)C(=O)O)cc1. The van der Waals surface area contributed by atoms with Crippen LogP contribution in [0.5, 0.6) is 0 Å². The minimum atomic E-state index is -1.14. The Morgan fingerprint density at radius 3 is 2.38 bits per heavy atom. The lowest BCUT2D eigenvalue weighted by atomic mass is 10.1. The zero-order chi connectivity index (χ0) is 15.8. The molecular weight excluding hydrogens is 274 g/mol. The van der Waals surface area contributed by atoms with E-state index in [0.29, 0.717) is 11.3 Å². The van der Waals surface area contributed by atoms with Gasteiger partial charge in [0.2, 0.25) is 11.8 Å². The van der Waals surface area contributed by atoms with Gasteiger partial charge in [0.05, 0.1) is 6.54 Å². The lowest BCUT2D eigenvalue weighted by Gasteiger charge is -2.14. The van der Waals surface area contributed by atoms with Gasteiger partial charge in [0.25, 0.3) is 0 Å². The van der Waals surface area contributed by atoms with Crippen LogP contribution in [-0.2, 0) is 20.8 Å². The largest absolute Gasteiger partial charge is 0.480 e. The van der Waals surface area contributed by atoms with Crippen LogP contribution in [0.4, 0.5) is 5.69 Å². The Bertz CT molecular complexity index is 540. The molecule has 0 radical (unpaired) electrons. The van der Waals surface area contributed by atoms with Gasteiger partial charge in [-0.3, -0.25) is 9.59 Å². The quantitative estimate of drug-likeness (QED) is 0.522. The summed E-state index contributed by atoms with van der Waals surface area (Å²) in [7, 11) is 0. The molecule has 1 aromatic rings. The molecule has 5 N–H and O–H groups in total. The number of carbonyl (C=O) groups excluding carboxylic acids is 2. The number of carboxylic acid groups (broad SMARTS) is 1. The number of benzene rings is 1. The van der Waals surface area contributed by atoms with E-state index in [0.717, 1.165) is 6.08 Å². The van der Waals surface area contributed by atoms with Crippen molar-refractivity contribution < 1.29 is 19.5 Å². The van der Waals surface area contributed by atoms with Gasteiger partial charge in [-0.05, 0) is 23.8 Å². The minimum absolute atomic E-state index is 0.122. The van der Waals surface area contributed by atoms with Gasteiger partial charge in [0.1, 0.15) is 6.04 Å². The maximum Gasteiger partial charge on any atom is 0.326 e. The van der Waals surface area contributed by atoms with Gasteiger partial charge in [-0.25, -0.2) is 4.79 Å². The number of hydrogen-bond donors (Lipinski definition) is 4. The lowest BCUT2D eigenvalue weighted by molar-refractivity contribution is -0.141. The molecule has 0 aliphatic rings. The van der Waals surface area contributed by atoms with Gasteiger partial charge in [-0.1, -0.05) is 18.7 Å². The van der Waals surface area contributed by atoms with Crippen LogP contribution in [0.2, 0.25) is 0 Å². The third-order valence-electron chi connectivity index (χ3n) is 2.67. The number of nitrogens with one attached hydrogen (secondary N) is 2. The van der Waals surface area contributed by atoms with Crippen molar-refractivity contribution in [1.82, 2.24) is 5.32 Å². The van der Waals surface area contributed by atoms with Crippen LogP contribution in [0.15, 0.2) is 36.9 Å². The summed E-state index contributed by atoms with van der Waals surface area (Å²) < 4.78 is 0. The van der Waals surface area contributed by atoms with Crippen LogP contribution >= 0.6 is 0 Å². The Morgan fingerprint density at radius 1 is 1.29 bits per heavy atom. The third-order valence-corrected chi connectivity index (χ3v) is 2.67. The second kappa shape index (κ2) is 7.81. The molecule has 1 rings (SSSR count). The van der Waals surface area contributed by atoms with Crippen LogP contribution in [0.25, 0.3) is 0 Å². The molecule has 7 nitrogen and oxygen atoms in total. The molecule has 0 fully saturated rings. The number of amides is 2. The highest BCUT2D eigenvalue weighted by Gasteiger charge is 2.19. The van der Waals surface area contributed by atoms with Crippen molar-refractivity contribution in [3.63, 3.8) is 0 Å². The average Bonchev–Trinajstić information content (AvgIpc) is 2.47. The fraction of sp³-hybridized carbons (Fsp3) is 0.214. The molecule has 0 aliphatic heterocycles. The first-order chi connectivity index (χ1) is 9.96. The van der Waals surface area contributed by atoms with Gasteiger partial charge in [-0.15, -0.1) is 0 Å². The number of anilines is 1. The highest BCUT2D eigenvalue weighted by Crippen LogP contribution is 2.11. The normalized spacial score (nSPS) is 11.3. The Morgan fingerprint density at radius 2 is 1.90 bits per heavy atom. The number of carboxylic acids is 1. The summed E-state index contributed by atoms with van der Waals surface area (Å²) in [6.07, 6.45) is 1.27. The smallest absolute Gasteiger partial charge is 0.326 e. The first-order valence-electron chi connectivity index (χ1n) is 6.21. The zero-order valence-electron chi connectivity index (χ0n) is 11.3. The van der Waals surface area contributed by atoms with Crippen molar-refractivity contribution in [2.24, 2.45) is 5.73 Å². The number of carbonyl (C=O) groups is 3. The van der Waals surface area contributed by atoms with Crippen LogP contribution in [0.3, 0.4) is 0 Å². The predicted octanol–water partition coefficient (Wildman–Crippen LogP) is -0.118. The topological polar surface area (TPSA) is 122 Å². The average molecular weight is 291 g/mol. The van der Waals surface area contributed by atoms with Crippen LogP contribution < -0.4 is 16.4 Å². The maximum atomic E-state index is 11.2. The van der Waals surface area contributed by atoms with Crippen molar-refractivity contribution >= 4 is 23.5 Å². The van der Waals surface area contributed by atoms with E-state index in [1.807, 2.05) is 0 Å². The number of hydrogen-bond acceptors (Lipinski definition) is 4. The number of nitrogens with two attached hydrogens (primary N) is 1. The van der Waals surface area contributed by atoms with Crippen molar-refractivity contribution in [1.29, 1.82) is 0 Å². The summed E-state index contributed by atoms with van der Waals surface area (Å²) in [5.41, 5.74) is 6.42. The lowest BCUT2D eigenvalue weighted by Crippen LogP contribution is -2.44. The standard InChI is InChI=1S/C14H17N3O4/c1-2-12(18)16-10-5-3-9(4-6-10)7-11(14(20)21)17-13(19)8-15/h2-6,11H,1,7-8,15H2,(H,16,18)(H,17,19)(H,20,21). The Kier molecular flexibility index (Phi) is 6.09. The Labute approximate surface area is 121 Å². The molecule has 1 unspecified atom stereocenters. The molecular formula is C14H17N3O4. The molecule has 0 aromatic heterocycles. The van der Waals surface area contributed by atoms with Crippen molar-refractivity contribution in [3.8, 4) is 0 Å². The van der Waals surface area contributed by atoms with Gasteiger partial charge in [0.15, 0.2) is 0 Å². The second-order valence-electron chi connectivity index (χ2n) is 4.26. The van der Waals surface area contributed by atoms with E-state index in [2.05, 4.69) is 17.2 Å². The third kappa shape index (κ3) is 5.45. The van der Waals surface area contributed by atoms with Crippen molar-refractivity contribution in [2.75, 3.05) is 11.9 Å². The molecule has 2 amide bonds. The van der Waals surface area contributed by atoms with Crippen LogP contribution in [0, 0.1) is 0 Å². The highest BCUT2D eigenvalue weighted by molar-refractivity contribution is 5.98. The van der Waals surface area contributed by atoms with E-state index in [1.165, 1.54) is 0 Å². The van der Waals surface area contributed by atoms with Gasteiger partial charge in [-0.2, -0.15) is 0 Å². The van der Waals surface area contributed by atoms with E-state index in [1.54, 1.807) is 24.3 Å². The molecule has 21 heavy (non-hydrogen) atoms. The molecule has 1 atom stereocenters. The Balaban J connectivity index is 2.71. The minimum Gasteiger partial charge on any atom is -0.480 e. The van der Waals surface area contributed by atoms with E-state index >= 15 is 0 Å². The summed E-state index contributed by atoms with van der Waals surface area (Å²) in [5, 5.41) is 14.0. The molecule has 0 aliphatic carbocycles. The van der Waals surface area contributed by atoms with Crippen LogP contribution in [-0.4, -0.2) is 35.5 Å². The molecule has 0 saturated carbocycles. The first kappa shape index (κ1) is 16.4. The van der Waals surface area contributed by atoms with Crippen LogP contribution in [0.1, 0.15) is 5.56 Å². The molecule has 0 bridgehead atoms. The van der Waals surface area contributed by atoms with E-state index in [4.69, 9.17) is 10.8 Å². The van der Waals surface area contributed by atoms with E-state index < -0.39 is 17.9 Å². The van der Waals surface area contributed by atoms with Gasteiger partial charge in [0, 0.05) is 12.1 Å². The molecule has 0 spiro atoms. The van der Waals surface area contributed by atoms with Crippen molar-refractivity contribution in [3.05, 3.63) is 42.5 Å². The van der Waals surface area contributed by atoms with E-state index in [9.17, 15) is 14.4 Å². The summed E-state index contributed by atoms with van der Waals surface area (Å²) in [5.74, 6) is -2.00. The Hall–Kier alpha value is -2.67. The first-order valence-corrected chi connectivity index (χ1v) is 6.21. The second-order valence-corrected chi connectivity index (χ2v) is 4.26. The fourth-order valence-electron chi connectivity index (χ4n) is 1.61. The summed E-state index contributed by atoms with van der Waals surface area (Å²) in [4.78, 5) is 33.4. The molecule has 7 heteroatoms. The number of rotatable bonds is 7. The maximum absolute atomic E-state index is 11.2.